The first kappa shape index (κ1) is 11.9. The lowest BCUT2D eigenvalue weighted by molar-refractivity contribution is 0.0759. The van der Waals surface area contributed by atoms with Crippen molar-refractivity contribution in [3.8, 4) is 5.75 Å². The number of nitrogens with zero attached hydrogens (tertiary/aromatic N) is 2. The van der Waals surface area contributed by atoms with Gasteiger partial charge in [-0.1, -0.05) is 6.92 Å². The topological polar surface area (TPSA) is 53.4 Å². The van der Waals surface area contributed by atoms with E-state index >= 15 is 0 Å². The molecule has 92 valence electrons. The average Bonchev–Trinajstić information content (AvgIpc) is 2.53. The summed E-state index contributed by atoms with van der Waals surface area (Å²) < 4.78 is 0. The van der Waals surface area contributed by atoms with Gasteiger partial charge >= 0.3 is 0 Å². The molecule has 1 aromatic heterocycles. The molecule has 1 amide bonds. The van der Waals surface area contributed by atoms with Crippen LogP contribution in [-0.2, 0) is 0 Å². The first-order valence-corrected chi connectivity index (χ1v) is 6.10. The van der Waals surface area contributed by atoms with Crippen LogP contribution in [0, 0.1) is 5.92 Å². The molecule has 1 saturated heterocycles. The Morgan fingerprint density at radius 2 is 2.24 bits per heavy atom. The molecule has 1 unspecified atom stereocenters. The van der Waals surface area contributed by atoms with E-state index in [1.165, 1.54) is 24.9 Å². The maximum atomic E-state index is 12.2. The minimum absolute atomic E-state index is 0.0255. The van der Waals surface area contributed by atoms with E-state index in [0.717, 1.165) is 25.9 Å². The van der Waals surface area contributed by atoms with Crippen LogP contribution >= 0.6 is 0 Å². The van der Waals surface area contributed by atoms with Crippen molar-refractivity contribution in [2.24, 2.45) is 5.92 Å². The van der Waals surface area contributed by atoms with Gasteiger partial charge in [0, 0.05) is 19.3 Å². The van der Waals surface area contributed by atoms with E-state index in [2.05, 4.69) is 11.9 Å². The first-order chi connectivity index (χ1) is 8.16. The fourth-order valence-corrected chi connectivity index (χ4v) is 2.19. The van der Waals surface area contributed by atoms with E-state index in [4.69, 9.17) is 0 Å². The van der Waals surface area contributed by atoms with E-state index < -0.39 is 0 Å². The molecule has 0 aliphatic carbocycles. The first-order valence-electron chi connectivity index (χ1n) is 6.10. The molecule has 2 rings (SSSR count). The zero-order valence-corrected chi connectivity index (χ0v) is 10.1. The largest absolute Gasteiger partial charge is 0.506 e. The van der Waals surface area contributed by atoms with E-state index in [1.807, 2.05) is 4.90 Å². The number of aromatic hydroxyl groups is 1. The summed E-state index contributed by atoms with van der Waals surface area (Å²) in [6.07, 6.45) is 6.14. The predicted molar refractivity (Wildman–Crippen MR) is 64.8 cm³/mol. The van der Waals surface area contributed by atoms with Gasteiger partial charge in [0.05, 0.1) is 11.8 Å². The van der Waals surface area contributed by atoms with Crippen LogP contribution in [0.5, 0.6) is 5.75 Å². The molecule has 17 heavy (non-hydrogen) atoms. The predicted octanol–water partition coefficient (Wildman–Crippen LogP) is 2.05. The van der Waals surface area contributed by atoms with Crippen LogP contribution in [0.1, 0.15) is 36.5 Å². The van der Waals surface area contributed by atoms with Gasteiger partial charge in [-0.25, -0.2) is 0 Å². The van der Waals surface area contributed by atoms with E-state index in [1.54, 1.807) is 0 Å². The Kier molecular flexibility index (Phi) is 3.61. The highest BCUT2D eigenvalue weighted by Crippen LogP contribution is 2.19. The number of aromatic nitrogens is 1. The number of rotatable bonds is 1. The van der Waals surface area contributed by atoms with Crippen LogP contribution in [0.15, 0.2) is 18.5 Å². The average molecular weight is 234 g/mol. The summed E-state index contributed by atoms with van der Waals surface area (Å²) in [7, 11) is 0. The van der Waals surface area contributed by atoms with Crippen LogP contribution in [0.25, 0.3) is 0 Å². The molecule has 0 radical (unpaired) electrons. The highest BCUT2D eigenvalue weighted by Gasteiger charge is 2.20. The Morgan fingerprint density at radius 3 is 3.00 bits per heavy atom. The van der Waals surface area contributed by atoms with Crippen molar-refractivity contribution < 1.29 is 9.90 Å². The van der Waals surface area contributed by atoms with Gasteiger partial charge < -0.3 is 10.0 Å². The third-order valence-electron chi connectivity index (χ3n) is 3.27. The molecule has 1 N–H and O–H groups in total. The van der Waals surface area contributed by atoms with Gasteiger partial charge in [-0.3, -0.25) is 9.78 Å². The summed E-state index contributed by atoms with van der Waals surface area (Å²) in [5.74, 6) is 0.705. The standard InChI is InChI=1S/C13H18N2O2/c1-10-3-2-5-15(6-4-10)13(17)11-7-12(16)9-14-8-11/h7-10,16H,2-6H2,1H3. The Bertz CT molecular complexity index is 406. The molecule has 1 fully saturated rings. The lowest BCUT2D eigenvalue weighted by Gasteiger charge is -2.20. The maximum absolute atomic E-state index is 12.2. The Labute approximate surface area is 101 Å². The van der Waals surface area contributed by atoms with Gasteiger partial charge in [-0.2, -0.15) is 0 Å². The number of amides is 1. The summed E-state index contributed by atoms with van der Waals surface area (Å²) in [4.78, 5) is 17.9. The summed E-state index contributed by atoms with van der Waals surface area (Å²) in [5.41, 5.74) is 0.472. The lowest BCUT2D eigenvalue weighted by atomic mass is 10.0. The normalized spacial score (nSPS) is 21.0. The molecule has 1 aromatic rings. The van der Waals surface area contributed by atoms with Gasteiger partial charge in [0.2, 0.25) is 0 Å². The number of likely N-dealkylation sites (tertiary alicyclic amines) is 1. The number of hydrogen-bond donors (Lipinski definition) is 1. The SMILES string of the molecule is CC1CCCN(C(=O)c2cncc(O)c2)CC1. The second kappa shape index (κ2) is 5.17. The monoisotopic (exact) mass is 234 g/mol. The number of carbonyl (C=O) groups excluding carboxylic acids is 1. The number of carbonyl (C=O) groups is 1. The summed E-state index contributed by atoms with van der Waals surface area (Å²) >= 11 is 0. The lowest BCUT2D eigenvalue weighted by Crippen LogP contribution is -2.32. The van der Waals surface area contributed by atoms with Crippen molar-refractivity contribution in [3.63, 3.8) is 0 Å². The minimum atomic E-state index is -0.0255. The molecular weight excluding hydrogens is 216 g/mol. The van der Waals surface area contributed by atoms with Gasteiger partial charge in [0.1, 0.15) is 5.75 Å². The van der Waals surface area contributed by atoms with Crippen LogP contribution in [0.3, 0.4) is 0 Å². The van der Waals surface area contributed by atoms with Gasteiger partial charge in [-0.15, -0.1) is 0 Å². The van der Waals surface area contributed by atoms with Crippen molar-refractivity contribution in [2.45, 2.75) is 26.2 Å². The highest BCUT2D eigenvalue weighted by molar-refractivity contribution is 5.94. The van der Waals surface area contributed by atoms with Gasteiger partial charge in [0.25, 0.3) is 5.91 Å². The Morgan fingerprint density at radius 1 is 1.41 bits per heavy atom. The summed E-state index contributed by atoms with van der Waals surface area (Å²) in [6, 6.07) is 1.48. The van der Waals surface area contributed by atoms with Crippen LogP contribution in [-0.4, -0.2) is 34.0 Å². The van der Waals surface area contributed by atoms with E-state index in [0.29, 0.717) is 11.5 Å². The Balaban J connectivity index is 2.09. The third-order valence-corrected chi connectivity index (χ3v) is 3.27. The van der Waals surface area contributed by atoms with Crippen LogP contribution in [0.2, 0.25) is 0 Å². The van der Waals surface area contributed by atoms with Crippen molar-refractivity contribution in [3.05, 3.63) is 24.0 Å². The molecule has 0 aromatic carbocycles. The molecule has 4 nitrogen and oxygen atoms in total. The number of hydrogen-bond acceptors (Lipinski definition) is 3. The summed E-state index contributed by atoms with van der Waals surface area (Å²) in [5, 5.41) is 9.32. The van der Waals surface area contributed by atoms with Crippen molar-refractivity contribution in [1.29, 1.82) is 0 Å². The maximum Gasteiger partial charge on any atom is 0.255 e. The molecule has 0 saturated carbocycles. The summed E-state index contributed by atoms with van der Waals surface area (Å²) in [6.45, 7) is 3.83. The fraction of sp³-hybridized carbons (Fsp3) is 0.538. The van der Waals surface area contributed by atoms with Crippen LogP contribution < -0.4 is 0 Å². The minimum Gasteiger partial charge on any atom is -0.506 e. The Hall–Kier alpha value is -1.58. The van der Waals surface area contributed by atoms with Gasteiger partial charge in [0.15, 0.2) is 0 Å². The fourth-order valence-electron chi connectivity index (χ4n) is 2.19. The quantitative estimate of drug-likeness (QED) is 0.809. The number of pyridine rings is 1. The van der Waals surface area contributed by atoms with Crippen LogP contribution in [0.4, 0.5) is 0 Å². The second-order valence-corrected chi connectivity index (χ2v) is 4.76. The zero-order valence-electron chi connectivity index (χ0n) is 10.1. The second-order valence-electron chi connectivity index (χ2n) is 4.76. The molecule has 4 heteroatoms. The zero-order chi connectivity index (χ0) is 12.3. The molecule has 1 aliphatic heterocycles. The van der Waals surface area contributed by atoms with E-state index in [9.17, 15) is 9.90 Å². The molecule has 1 aliphatic rings. The molecule has 0 bridgehead atoms. The third kappa shape index (κ3) is 2.96. The smallest absolute Gasteiger partial charge is 0.255 e. The van der Waals surface area contributed by atoms with Gasteiger partial charge in [-0.05, 0) is 31.2 Å². The van der Waals surface area contributed by atoms with Crippen molar-refractivity contribution in [2.75, 3.05) is 13.1 Å². The molecule has 2 heterocycles. The molecule has 1 atom stereocenters. The highest BCUT2D eigenvalue weighted by atomic mass is 16.3. The van der Waals surface area contributed by atoms with Crippen molar-refractivity contribution >= 4 is 5.91 Å². The molecule has 0 spiro atoms. The van der Waals surface area contributed by atoms with Crippen molar-refractivity contribution in [1.82, 2.24) is 9.88 Å². The molecular formula is C13H18N2O2. The van der Waals surface area contributed by atoms with E-state index in [-0.39, 0.29) is 11.7 Å².